The summed E-state index contributed by atoms with van der Waals surface area (Å²) in [5.41, 5.74) is 3.91. The van der Waals surface area contributed by atoms with Gasteiger partial charge in [-0.25, -0.2) is 0 Å². The highest BCUT2D eigenvalue weighted by Gasteiger charge is 2.14. The Morgan fingerprint density at radius 2 is 1.50 bits per heavy atom. The molecule has 130 valence electrons. The number of rotatable bonds is 5. The van der Waals surface area contributed by atoms with Crippen LogP contribution in [0.2, 0.25) is 0 Å². The zero-order chi connectivity index (χ0) is 17.9. The Bertz CT molecular complexity index is 979. The van der Waals surface area contributed by atoms with Crippen molar-refractivity contribution in [3.8, 4) is 5.69 Å². The predicted molar refractivity (Wildman–Crippen MR) is 110 cm³/mol. The smallest absolute Gasteiger partial charge is 0.0449 e. The van der Waals surface area contributed by atoms with Crippen LogP contribution in [-0.2, 0) is 6.54 Å². The molecule has 4 rings (SSSR count). The van der Waals surface area contributed by atoms with Gasteiger partial charge < -0.3 is 4.57 Å². The van der Waals surface area contributed by atoms with E-state index in [-0.39, 0.29) is 0 Å². The van der Waals surface area contributed by atoms with E-state index >= 15 is 0 Å². The Morgan fingerprint density at radius 3 is 2.27 bits per heavy atom. The van der Waals surface area contributed by atoms with Crippen LogP contribution >= 0.6 is 0 Å². The molecule has 0 bridgehead atoms. The molecule has 0 aliphatic rings. The quantitative estimate of drug-likeness (QED) is 0.444. The first-order chi connectivity index (χ1) is 12.7. The fraction of sp³-hybridized carbons (Fsp3) is 0.167. The summed E-state index contributed by atoms with van der Waals surface area (Å²) in [6.45, 7) is 3.21. The Balaban J connectivity index is 1.53. The van der Waals surface area contributed by atoms with Crippen LogP contribution in [0.15, 0.2) is 91.3 Å². The predicted octanol–water partition coefficient (Wildman–Crippen LogP) is 5.82. The molecule has 0 aliphatic carbocycles. The fourth-order valence-electron chi connectivity index (χ4n) is 3.56. The molecule has 0 amide bonds. The first-order valence-corrected chi connectivity index (χ1v) is 9.12. The Morgan fingerprint density at radius 1 is 0.808 bits per heavy atom. The highest BCUT2D eigenvalue weighted by molar-refractivity contribution is 5.86. The molecule has 0 spiro atoms. The number of hydrogen-bond donors (Lipinski definition) is 0. The molecule has 0 unspecified atom stereocenters. The SMILES string of the molecule is C[C@H](c1cccc2ccccc12)N(C)Cc1ccc(-n2cccc2)cc1. The van der Waals surface area contributed by atoms with Gasteiger partial charge in [0, 0.05) is 30.7 Å². The van der Waals surface area contributed by atoms with E-state index in [0.717, 1.165) is 6.54 Å². The lowest BCUT2D eigenvalue weighted by Crippen LogP contribution is -2.22. The molecule has 0 radical (unpaired) electrons. The van der Waals surface area contributed by atoms with Gasteiger partial charge in [-0.1, -0.05) is 54.6 Å². The second-order valence-corrected chi connectivity index (χ2v) is 6.92. The monoisotopic (exact) mass is 340 g/mol. The van der Waals surface area contributed by atoms with E-state index in [4.69, 9.17) is 0 Å². The van der Waals surface area contributed by atoms with Crippen LogP contribution in [0.5, 0.6) is 0 Å². The van der Waals surface area contributed by atoms with Crippen molar-refractivity contribution >= 4 is 10.8 Å². The molecular weight excluding hydrogens is 316 g/mol. The van der Waals surface area contributed by atoms with E-state index in [9.17, 15) is 0 Å². The minimum atomic E-state index is 0.352. The average Bonchev–Trinajstić information content (AvgIpc) is 3.22. The molecule has 0 saturated carbocycles. The maximum Gasteiger partial charge on any atom is 0.0449 e. The van der Waals surface area contributed by atoms with E-state index in [1.807, 2.05) is 12.1 Å². The van der Waals surface area contributed by atoms with E-state index in [2.05, 4.69) is 103 Å². The van der Waals surface area contributed by atoms with Crippen LogP contribution in [0.25, 0.3) is 16.5 Å². The summed E-state index contributed by atoms with van der Waals surface area (Å²) < 4.78 is 2.13. The normalized spacial score (nSPS) is 12.6. The number of hydrogen-bond acceptors (Lipinski definition) is 1. The lowest BCUT2D eigenvalue weighted by atomic mass is 9.98. The zero-order valence-electron chi connectivity index (χ0n) is 15.3. The number of aromatic nitrogens is 1. The van der Waals surface area contributed by atoms with E-state index in [1.165, 1.54) is 27.6 Å². The summed E-state index contributed by atoms with van der Waals surface area (Å²) in [7, 11) is 2.20. The molecular formula is C24H24N2. The fourth-order valence-corrected chi connectivity index (χ4v) is 3.56. The van der Waals surface area contributed by atoms with Gasteiger partial charge in [-0.2, -0.15) is 0 Å². The number of benzene rings is 3. The maximum absolute atomic E-state index is 2.41. The molecule has 1 aromatic heterocycles. The van der Waals surface area contributed by atoms with E-state index in [0.29, 0.717) is 6.04 Å². The van der Waals surface area contributed by atoms with Crippen molar-refractivity contribution in [1.82, 2.24) is 9.47 Å². The molecule has 3 aromatic carbocycles. The van der Waals surface area contributed by atoms with Crippen molar-refractivity contribution in [3.05, 3.63) is 102 Å². The van der Waals surface area contributed by atoms with Crippen molar-refractivity contribution in [2.75, 3.05) is 7.05 Å². The van der Waals surface area contributed by atoms with Crippen molar-refractivity contribution in [1.29, 1.82) is 0 Å². The van der Waals surface area contributed by atoms with Crippen LogP contribution in [0.3, 0.4) is 0 Å². The first kappa shape index (κ1) is 16.6. The minimum Gasteiger partial charge on any atom is -0.324 e. The van der Waals surface area contributed by atoms with Crippen LogP contribution in [0, 0.1) is 0 Å². The van der Waals surface area contributed by atoms with Crippen LogP contribution < -0.4 is 0 Å². The van der Waals surface area contributed by atoms with Crippen molar-refractivity contribution in [2.24, 2.45) is 0 Å². The molecule has 0 N–H and O–H groups in total. The zero-order valence-corrected chi connectivity index (χ0v) is 15.3. The molecule has 0 aliphatic heterocycles. The van der Waals surface area contributed by atoms with Gasteiger partial charge in [0.25, 0.3) is 0 Å². The van der Waals surface area contributed by atoms with Crippen molar-refractivity contribution < 1.29 is 0 Å². The third kappa shape index (κ3) is 3.29. The summed E-state index contributed by atoms with van der Waals surface area (Å²) in [6.07, 6.45) is 4.15. The van der Waals surface area contributed by atoms with Crippen LogP contribution in [0.1, 0.15) is 24.1 Å². The number of fused-ring (bicyclic) bond motifs is 1. The first-order valence-electron chi connectivity index (χ1n) is 9.12. The highest BCUT2D eigenvalue weighted by Crippen LogP contribution is 2.28. The molecule has 2 heteroatoms. The summed E-state index contributed by atoms with van der Waals surface area (Å²) in [4.78, 5) is 2.41. The third-order valence-corrected chi connectivity index (χ3v) is 5.21. The Hall–Kier alpha value is -2.84. The second kappa shape index (κ2) is 7.19. The van der Waals surface area contributed by atoms with Gasteiger partial charge in [-0.3, -0.25) is 4.90 Å². The lowest BCUT2D eigenvalue weighted by molar-refractivity contribution is 0.254. The molecule has 26 heavy (non-hydrogen) atoms. The van der Waals surface area contributed by atoms with Gasteiger partial charge in [0.05, 0.1) is 0 Å². The lowest BCUT2D eigenvalue weighted by Gasteiger charge is -2.26. The van der Waals surface area contributed by atoms with Gasteiger partial charge in [0.15, 0.2) is 0 Å². The van der Waals surface area contributed by atoms with Gasteiger partial charge in [-0.05, 0) is 60.1 Å². The summed E-state index contributed by atoms with van der Waals surface area (Å²) in [5, 5.41) is 2.65. The van der Waals surface area contributed by atoms with Gasteiger partial charge in [0.2, 0.25) is 0 Å². The summed E-state index contributed by atoms with van der Waals surface area (Å²) >= 11 is 0. The Labute approximate surface area is 155 Å². The largest absolute Gasteiger partial charge is 0.324 e. The van der Waals surface area contributed by atoms with Crippen molar-refractivity contribution in [3.63, 3.8) is 0 Å². The molecule has 4 aromatic rings. The second-order valence-electron chi connectivity index (χ2n) is 6.92. The third-order valence-electron chi connectivity index (χ3n) is 5.21. The molecule has 0 fully saturated rings. The summed E-state index contributed by atoms with van der Waals surface area (Å²) in [5.74, 6) is 0. The number of nitrogens with zero attached hydrogens (tertiary/aromatic N) is 2. The Kier molecular flexibility index (Phi) is 4.59. The maximum atomic E-state index is 2.41. The average molecular weight is 340 g/mol. The van der Waals surface area contributed by atoms with Crippen LogP contribution in [-0.4, -0.2) is 16.5 Å². The molecule has 0 saturated heterocycles. The van der Waals surface area contributed by atoms with Gasteiger partial charge in [0.1, 0.15) is 0 Å². The summed E-state index contributed by atoms with van der Waals surface area (Å²) in [6, 6.07) is 28.5. The van der Waals surface area contributed by atoms with Crippen molar-refractivity contribution in [2.45, 2.75) is 19.5 Å². The van der Waals surface area contributed by atoms with Crippen LogP contribution in [0.4, 0.5) is 0 Å². The van der Waals surface area contributed by atoms with E-state index < -0.39 is 0 Å². The topological polar surface area (TPSA) is 8.17 Å². The molecule has 1 atom stereocenters. The standard InChI is InChI=1S/C24H24N2/c1-19(23-11-7-9-21-8-3-4-10-24(21)23)25(2)18-20-12-14-22(15-13-20)26-16-5-6-17-26/h3-17,19H,18H2,1-2H3/t19-/m1/s1. The van der Waals surface area contributed by atoms with Gasteiger partial charge in [-0.15, -0.1) is 0 Å². The van der Waals surface area contributed by atoms with Gasteiger partial charge >= 0.3 is 0 Å². The molecule has 1 heterocycles. The highest BCUT2D eigenvalue weighted by atomic mass is 15.1. The van der Waals surface area contributed by atoms with E-state index in [1.54, 1.807) is 0 Å². The molecule has 2 nitrogen and oxygen atoms in total. The minimum absolute atomic E-state index is 0.352.